The third-order valence-electron chi connectivity index (χ3n) is 4.35. The van der Waals surface area contributed by atoms with E-state index in [1.807, 2.05) is 24.3 Å². The van der Waals surface area contributed by atoms with Gasteiger partial charge in [0.2, 0.25) is 0 Å². The van der Waals surface area contributed by atoms with E-state index in [9.17, 15) is 14.7 Å². The molecule has 3 aromatic rings. The van der Waals surface area contributed by atoms with E-state index in [0.717, 1.165) is 5.39 Å². The predicted octanol–water partition coefficient (Wildman–Crippen LogP) is 2.32. The fourth-order valence-electron chi connectivity index (χ4n) is 2.97. The monoisotopic (exact) mass is 384 g/mol. The van der Waals surface area contributed by atoms with Gasteiger partial charge in [-0.2, -0.15) is 5.10 Å². The van der Waals surface area contributed by atoms with E-state index >= 15 is 0 Å². The molecule has 0 aliphatic rings. The van der Waals surface area contributed by atoms with Crippen molar-refractivity contribution in [1.82, 2.24) is 9.78 Å². The molecular weight excluding hydrogens is 364 g/mol. The number of hydrogen-bond acceptors (Lipinski definition) is 8. The lowest BCUT2D eigenvalue weighted by Crippen LogP contribution is -2.28. The van der Waals surface area contributed by atoms with Crippen LogP contribution in [0.3, 0.4) is 0 Å². The summed E-state index contributed by atoms with van der Waals surface area (Å²) >= 11 is 0. The van der Waals surface area contributed by atoms with Crippen molar-refractivity contribution >= 4 is 34.2 Å². The Morgan fingerprint density at radius 3 is 2.46 bits per heavy atom. The van der Waals surface area contributed by atoms with Gasteiger partial charge >= 0.3 is 11.9 Å². The van der Waals surface area contributed by atoms with Crippen molar-refractivity contribution in [1.29, 1.82) is 0 Å². The number of benzene rings is 2. The number of aromatic nitrogens is 2. The van der Waals surface area contributed by atoms with Crippen LogP contribution >= 0.6 is 0 Å². The highest BCUT2D eigenvalue weighted by Gasteiger charge is 2.23. The number of methoxy groups -OCH3 is 2. The van der Waals surface area contributed by atoms with Crippen LogP contribution in [0.5, 0.6) is 5.75 Å². The molecule has 0 amide bonds. The van der Waals surface area contributed by atoms with Crippen molar-refractivity contribution in [2.75, 3.05) is 31.7 Å². The first-order chi connectivity index (χ1) is 13.4. The molecule has 28 heavy (non-hydrogen) atoms. The minimum absolute atomic E-state index is 0.0306. The summed E-state index contributed by atoms with van der Waals surface area (Å²) in [6.45, 7) is 0. The number of hydrazine groups is 1. The minimum Gasteiger partial charge on any atom is -0.505 e. The molecule has 0 spiro atoms. The zero-order valence-corrected chi connectivity index (χ0v) is 15.9. The van der Waals surface area contributed by atoms with Gasteiger partial charge in [-0.3, -0.25) is 15.1 Å². The molecule has 9 nitrogen and oxygen atoms in total. The minimum atomic E-state index is -0.659. The van der Waals surface area contributed by atoms with Crippen LogP contribution in [-0.4, -0.2) is 48.1 Å². The number of esters is 2. The maximum atomic E-state index is 12.1. The van der Waals surface area contributed by atoms with Gasteiger partial charge in [0.25, 0.3) is 0 Å². The molecule has 3 rings (SSSR count). The zero-order chi connectivity index (χ0) is 20.4. The van der Waals surface area contributed by atoms with Gasteiger partial charge in [-0.05, 0) is 11.5 Å². The molecule has 2 aromatic carbocycles. The number of fused-ring (bicyclic) bond motifs is 1. The number of ether oxygens (including phenoxy) is 2. The van der Waals surface area contributed by atoms with Gasteiger partial charge in [0.15, 0.2) is 11.6 Å². The molecule has 0 atom stereocenters. The topological polar surface area (TPSA) is 106 Å². The molecule has 0 radical (unpaired) electrons. The average molecular weight is 384 g/mol. The van der Waals surface area contributed by atoms with E-state index in [2.05, 4.69) is 10.5 Å². The first-order valence-corrected chi connectivity index (χ1v) is 8.32. The van der Waals surface area contributed by atoms with Crippen molar-refractivity contribution in [2.24, 2.45) is 7.05 Å². The first-order valence-electron chi connectivity index (χ1n) is 8.32. The second-order valence-corrected chi connectivity index (χ2v) is 6.03. The summed E-state index contributed by atoms with van der Waals surface area (Å²) in [7, 11) is 5.83. The molecule has 9 heteroatoms. The Hall–Kier alpha value is -3.75. The van der Waals surface area contributed by atoms with Crippen molar-refractivity contribution in [3.05, 3.63) is 47.7 Å². The smallest absolute Gasteiger partial charge is 0.343 e. The number of nitrogens with one attached hydrogen (secondary N) is 1. The summed E-state index contributed by atoms with van der Waals surface area (Å²) in [5.41, 5.74) is 3.63. The molecule has 0 unspecified atom stereocenters. The van der Waals surface area contributed by atoms with E-state index in [4.69, 9.17) is 9.47 Å². The number of aromatic hydroxyl groups is 1. The van der Waals surface area contributed by atoms with Gasteiger partial charge < -0.3 is 14.6 Å². The number of anilines is 2. The van der Waals surface area contributed by atoms with Gasteiger partial charge in [-0.1, -0.05) is 24.3 Å². The third-order valence-corrected chi connectivity index (χ3v) is 4.35. The number of aryl methyl sites for hydroxylation is 1. The molecule has 1 heterocycles. The number of rotatable bonds is 5. The Kier molecular flexibility index (Phi) is 5.08. The van der Waals surface area contributed by atoms with Gasteiger partial charge in [0.05, 0.1) is 20.4 Å². The second kappa shape index (κ2) is 7.47. The Balaban J connectivity index is 2.13. The van der Waals surface area contributed by atoms with Crippen LogP contribution in [0, 0.1) is 0 Å². The van der Waals surface area contributed by atoms with Crippen molar-refractivity contribution in [2.45, 2.75) is 0 Å². The van der Waals surface area contributed by atoms with Crippen molar-refractivity contribution < 1.29 is 24.2 Å². The van der Waals surface area contributed by atoms with E-state index in [0.29, 0.717) is 16.9 Å². The number of carbonyl (C=O) groups excluding carboxylic acids is 2. The summed E-state index contributed by atoms with van der Waals surface area (Å²) in [6, 6.07) is 8.85. The summed E-state index contributed by atoms with van der Waals surface area (Å²) < 4.78 is 11.0. The van der Waals surface area contributed by atoms with Crippen LogP contribution in [0.1, 0.15) is 20.7 Å². The number of phenolic OH excluding ortho intramolecular Hbond substituents is 1. The van der Waals surface area contributed by atoms with Crippen LogP contribution in [0.25, 0.3) is 10.8 Å². The normalized spacial score (nSPS) is 10.6. The SMILES string of the molecule is COC(=O)c1cc2ccccc2c(N(C)Nc2c(C(=O)OC)cnn2C)c1O. The Morgan fingerprint density at radius 1 is 1.14 bits per heavy atom. The molecule has 0 saturated carbocycles. The maximum absolute atomic E-state index is 12.1. The summed E-state index contributed by atoms with van der Waals surface area (Å²) in [5.74, 6) is -1.10. The summed E-state index contributed by atoms with van der Waals surface area (Å²) in [4.78, 5) is 24.1. The Morgan fingerprint density at radius 2 is 1.79 bits per heavy atom. The molecule has 0 aliphatic heterocycles. The highest BCUT2D eigenvalue weighted by Crippen LogP contribution is 2.39. The van der Waals surface area contributed by atoms with Gasteiger partial charge in [-0.15, -0.1) is 0 Å². The van der Waals surface area contributed by atoms with Crippen LogP contribution in [-0.2, 0) is 16.5 Å². The molecule has 0 bridgehead atoms. The van der Waals surface area contributed by atoms with E-state index in [-0.39, 0.29) is 16.9 Å². The molecule has 0 fully saturated rings. The van der Waals surface area contributed by atoms with E-state index < -0.39 is 11.9 Å². The maximum Gasteiger partial charge on any atom is 0.343 e. The van der Waals surface area contributed by atoms with E-state index in [1.165, 1.54) is 30.1 Å². The molecule has 146 valence electrons. The van der Waals surface area contributed by atoms with E-state index in [1.54, 1.807) is 20.2 Å². The number of hydrogen-bond donors (Lipinski definition) is 2. The third kappa shape index (κ3) is 3.18. The first kappa shape index (κ1) is 19.0. The summed E-state index contributed by atoms with van der Waals surface area (Å²) in [5, 5.41) is 17.8. The van der Waals surface area contributed by atoms with Crippen molar-refractivity contribution in [3.63, 3.8) is 0 Å². The molecular formula is C19H20N4O5. The van der Waals surface area contributed by atoms with Crippen LogP contribution in [0.15, 0.2) is 36.5 Å². The Labute approximate surface area is 161 Å². The molecule has 0 saturated heterocycles. The average Bonchev–Trinajstić information content (AvgIpc) is 3.06. The highest BCUT2D eigenvalue weighted by molar-refractivity contribution is 6.06. The second-order valence-electron chi connectivity index (χ2n) is 6.03. The molecule has 1 aromatic heterocycles. The number of carbonyl (C=O) groups is 2. The highest BCUT2D eigenvalue weighted by atomic mass is 16.5. The van der Waals surface area contributed by atoms with Crippen molar-refractivity contribution in [3.8, 4) is 5.75 Å². The molecule has 2 N–H and O–H groups in total. The predicted molar refractivity (Wildman–Crippen MR) is 104 cm³/mol. The van der Waals surface area contributed by atoms with Crippen LogP contribution in [0.2, 0.25) is 0 Å². The lowest BCUT2D eigenvalue weighted by Gasteiger charge is -2.25. The number of phenols is 1. The van der Waals surface area contributed by atoms with Crippen LogP contribution in [0.4, 0.5) is 11.5 Å². The zero-order valence-electron chi connectivity index (χ0n) is 15.9. The van der Waals surface area contributed by atoms with Gasteiger partial charge in [0, 0.05) is 19.5 Å². The quantitative estimate of drug-likeness (QED) is 0.510. The lowest BCUT2D eigenvalue weighted by molar-refractivity contribution is 0.0590. The fraction of sp³-hybridized carbons (Fsp3) is 0.211. The standard InChI is InChI=1S/C19H20N4O5/c1-22(21-17-14(19(26)28-4)10-20-23(17)2)15-12-8-6-5-7-11(12)9-13(16(15)24)18(25)27-3/h5-10,21,24H,1-4H3. The largest absolute Gasteiger partial charge is 0.505 e. The summed E-state index contributed by atoms with van der Waals surface area (Å²) in [6.07, 6.45) is 1.38. The van der Waals surface area contributed by atoms with Gasteiger partial charge in [0.1, 0.15) is 16.8 Å². The van der Waals surface area contributed by atoms with Gasteiger partial charge in [-0.25, -0.2) is 9.59 Å². The van der Waals surface area contributed by atoms with Crippen LogP contribution < -0.4 is 10.4 Å². The lowest BCUT2D eigenvalue weighted by atomic mass is 10.0. The molecule has 0 aliphatic carbocycles. The number of nitrogens with zero attached hydrogens (tertiary/aromatic N) is 3. The Bertz CT molecular complexity index is 1060. The fourth-order valence-corrected chi connectivity index (χ4v) is 2.97.